The van der Waals surface area contributed by atoms with E-state index in [4.69, 9.17) is 0 Å². The molecule has 1 atom stereocenters. The van der Waals surface area contributed by atoms with E-state index in [1.165, 1.54) is 18.2 Å². The summed E-state index contributed by atoms with van der Waals surface area (Å²) in [7, 11) is 0. The molecule has 1 aliphatic heterocycles. The number of aliphatic hydroxyl groups excluding tert-OH is 1. The van der Waals surface area contributed by atoms with E-state index in [0.717, 1.165) is 24.5 Å². The average Bonchev–Trinajstić information content (AvgIpc) is 2.68. The molecule has 1 aliphatic rings. The summed E-state index contributed by atoms with van der Waals surface area (Å²) < 4.78 is 39.1. The summed E-state index contributed by atoms with van der Waals surface area (Å²) in [4.78, 5) is 14.1. The van der Waals surface area contributed by atoms with E-state index < -0.39 is 23.8 Å². The summed E-state index contributed by atoms with van der Waals surface area (Å²) in [5, 5.41) is 12.9. The van der Waals surface area contributed by atoms with Gasteiger partial charge in [-0.3, -0.25) is 9.69 Å². The van der Waals surface area contributed by atoms with Crippen LogP contribution in [0.5, 0.6) is 0 Å². The fourth-order valence-corrected chi connectivity index (χ4v) is 3.58. The van der Waals surface area contributed by atoms with Crippen molar-refractivity contribution in [2.24, 2.45) is 5.92 Å². The van der Waals surface area contributed by atoms with Gasteiger partial charge >= 0.3 is 6.18 Å². The molecule has 4 nitrogen and oxygen atoms in total. The van der Waals surface area contributed by atoms with Gasteiger partial charge in [0, 0.05) is 0 Å². The van der Waals surface area contributed by atoms with Crippen LogP contribution < -0.4 is 5.32 Å². The number of hydrogen-bond donors (Lipinski definition) is 2. The van der Waals surface area contributed by atoms with E-state index in [0.29, 0.717) is 13.1 Å². The third-order valence-electron chi connectivity index (χ3n) is 5.09. The lowest BCUT2D eigenvalue weighted by Crippen LogP contribution is -2.40. The molecule has 1 saturated heterocycles. The highest BCUT2D eigenvalue weighted by molar-refractivity contribution is 5.93. The third-order valence-corrected chi connectivity index (χ3v) is 5.09. The molecular weight excluding hydrogens is 369 g/mol. The smallest absolute Gasteiger partial charge is 0.388 e. The molecule has 150 valence electrons. The average molecular weight is 392 g/mol. The maximum atomic E-state index is 13.0. The number of carbonyl (C=O) groups is 1. The van der Waals surface area contributed by atoms with Crippen molar-refractivity contribution in [3.05, 3.63) is 65.7 Å². The van der Waals surface area contributed by atoms with Gasteiger partial charge in [0.1, 0.15) is 0 Å². The molecule has 0 bridgehead atoms. The molecular formula is C21H23F3N2O2. The highest BCUT2D eigenvalue weighted by Crippen LogP contribution is 2.34. The number of rotatable bonds is 5. The second-order valence-electron chi connectivity index (χ2n) is 7.06. The number of aliphatic hydroxyl groups is 1. The highest BCUT2D eigenvalue weighted by Gasteiger charge is 2.34. The molecule has 0 radical (unpaired) electrons. The second-order valence-corrected chi connectivity index (χ2v) is 7.06. The van der Waals surface area contributed by atoms with Crippen LogP contribution in [0.4, 0.5) is 18.9 Å². The zero-order valence-corrected chi connectivity index (χ0v) is 15.3. The van der Waals surface area contributed by atoms with Gasteiger partial charge in [0.15, 0.2) is 0 Å². The number of hydrogen-bond acceptors (Lipinski definition) is 3. The summed E-state index contributed by atoms with van der Waals surface area (Å²) >= 11 is 0. The Morgan fingerprint density at radius 2 is 1.68 bits per heavy atom. The molecule has 2 aromatic carbocycles. The van der Waals surface area contributed by atoms with Gasteiger partial charge in [-0.05, 0) is 49.5 Å². The lowest BCUT2D eigenvalue weighted by molar-refractivity contribution is -0.137. The Hall–Kier alpha value is -2.38. The van der Waals surface area contributed by atoms with Crippen LogP contribution in [0, 0.1) is 5.92 Å². The molecule has 0 saturated carbocycles. The van der Waals surface area contributed by atoms with Gasteiger partial charge in [-0.2, -0.15) is 13.2 Å². The van der Waals surface area contributed by atoms with Gasteiger partial charge in [0.25, 0.3) is 0 Å². The SMILES string of the molecule is O=C(CN1CCC([C@@H](O)c2ccccc2)CC1)Nc1ccccc1C(F)(F)F. The molecule has 0 aromatic heterocycles. The molecule has 3 rings (SSSR count). The van der Waals surface area contributed by atoms with E-state index in [9.17, 15) is 23.1 Å². The summed E-state index contributed by atoms with van der Waals surface area (Å²) in [6.07, 6.45) is -3.61. The third kappa shape index (κ3) is 5.11. The van der Waals surface area contributed by atoms with Crippen LogP contribution in [0.3, 0.4) is 0 Å². The number of piperidine rings is 1. The van der Waals surface area contributed by atoms with Crippen LogP contribution in [0.25, 0.3) is 0 Å². The van der Waals surface area contributed by atoms with Crippen LogP contribution >= 0.6 is 0 Å². The molecule has 2 N–H and O–H groups in total. The Morgan fingerprint density at radius 1 is 1.07 bits per heavy atom. The maximum Gasteiger partial charge on any atom is 0.418 e. The molecule has 28 heavy (non-hydrogen) atoms. The number of amides is 1. The van der Waals surface area contributed by atoms with Crippen molar-refractivity contribution in [3.63, 3.8) is 0 Å². The van der Waals surface area contributed by atoms with Crippen molar-refractivity contribution in [3.8, 4) is 0 Å². The first-order valence-electron chi connectivity index (χ1n) is 9.26. The van der Waals surface area contributed by atoms with Crippen molar-refractivity contribution in [2.45, 2.75) is 25.1 Å². The minimum Gasteiger partial charge on any atom is -0.388 e. The summed E-state index contributed by atoms with van der Waals surface area (Å²) in [6.45, 7) is 1.26. The van der Waals surface area contributed by atoms with Crippen molar-refractivity contribution < 1.29 is 23.1 Å². The maximum absolute atomic E-state index is 13.0. The molecule has 0 spiro atoms. The van der Waals surface area contributed by atoms with Crippen molar-refractivity contribution in [2.75, 3.05) is 25.0 Å². The van der Waals surface area contributed by atoms with E-state index >= 15 is 0 Å². The predicted molar refractivity (Wildman–Crippen MR) is 101 cm³/mol. The van der Waals surface area contributed by atoms with Crippen LogP contribution in [-0.4, -0.2) is 35.5 Å². The first kappa shape index (κ1) is 20.4. The number of carbonyl (C=O) groups excluding carboxylic acids is 1. The van der Waals surface area contributed by atoms with Crippen molar-refractivity contribution in [1.82, 2.24) is 4.90 Å². The number of para-hydroxylation sites is 1. The Labute approximate surface area is 162 Å². The number of benzene rings is 2. The van der Waals surface area contributed by atoms with Gasteiger partial charge in [-0.15, -0.1) is 0 Å². The fraction of sp³-hybridized carbons (Fsp3) is 0.381. The lowest BCUT2D eigenvalue weighted by Gasteiger charge is -2.34. The van der Waals surface area contributed by atoms with Gasteiger partial charge in [-0.25, -0.2) is 0 Å². The number of nitrogens with zero attached hydrogens (tertiary/aromatic N) is 1. The molecule has 1 amide bonds. The van der Waals surface area contributed by atoms with Gasteiger partial charge in [-0.1, -0.05) is 42.5 Å². The minimum absolute atomic E-state index is 0.0281. The topological polar surface area (TPSA) is 52.6 Å². The lowest BCUT2D eigenvalue weighted by atomic mass is 9.87. The van der Waals surface area contributed by atoms with Crippen LogP contribution in [0.2, 0.25) is 0 Å². The molecule has 0 aliphatic carbocycles. The van der Waals surface area contributed by atoms with E-state index in [1.807, 2.05) is 35.2 Å². The number of anilines is 1. The highest BCUT2D eigenvalue weighted by atomic mass is 19.4. The normalized spacial score (nSPS) is 17.3. The quantitative estimate of drug-likeness (QED) is 0.806. The Kier molecular flexibility index (Phi) is 6.36. The van der Waals surface area contributed by atoms with E-state index in [1.54, 1.807) is 0 Å². The molecule has 7 heteroatoms. The van der Waals surface area contributed by atoms with Crippen molar-refractivity contribution >= 4 is 11.6 Å². The van der Waals surface area contributed by atoms with Gasteiger partial charge < -0.3 is 10.4 Å². The van der Waals surface area contributed by atoms with E-state index in [-0.39, 0.29) is 18.2 Å². The molecule has 1 heterocycles. The number of halogens is 3. The Bertz CT molecular complexity index is 788. The largest absolute Gasteiger partial charge is 0.418 e. The molecule has 2 aromatic rings. The van der Waals surface area contributed by atoms with Crippen molar-refractivity contribution in [1.29, 1.82) is 0 Å². The van der Waals surface area contributed by atoms with Crippen LogP contribution in [0.1, 0.15) is 30.1 Å². The Balaban J connectivity index is 1.52. The zero-order valence-electron chi connectivity index (χ0n) is 15.3. The number of alkyl halides is 3. The van der Waals surface area contributed by atoms with Crippen LogP contribution in [-0.2, 0) is 11.0 Å². The number of likely N-dealkylation sites (tertiary alicyclic amines) is 1. The summed E-state index contributed by atoms with van der Waals surface area (Å²) in [6, 6.07) is 14.4. The first-order chi connectivity index (χ1) is 13.3. The van der Waals surface area contributed by atoms with Gasteiger partial charge in [0.2, 0.25) is 5.91 Å². The molecule has 1 fully saturated rings. The van der Waals surface area contributed by atoms with Gasteiger partial charge in [0.05, 0.1) is 23.9 Å². The van der Waals surface area contributed by atoms with Crippen LogP contribution in [0.15, 0.2) is 54.6 Å². The summed E-state index contributed by atoms with van der Waals surface area (Å²) in [5.74, 6) is -0.369. The predicted octanol–water partition coefficient (Wildman–Crippen LogP) is 4.09. The zero-order chi connectivity index (χ0) is 20.1. The molecule has 0 unspecified atom stereocenters. The monoisotopic (exact) mass is 392 g/mol. The second kappa shape index (κ2) is 8.75. The Morgan fingerprint density at radius 3 is 2.32 bits per heavy atom. The minimum atomic E-state index is -4.52. The standard InChI is InChI=1S/C21H23F3N2O2/c22-21(23,24)17-8-4-5-9-18(17)25-19(27)14-26-12-10-16(11-13-26)20(28)15-6-2-1-3-7-15/h1-9,16,20,28H,10-14H2,(H,25,27)/t20-/m0/s1. The first-order valence-corrected chi connectivity index (χ1v) is 9.26. The van der Waals surface area contributed by atoms with E-state index in [2.05, 4.69) is 5.32 Å². The number of nitrogens with one attached hydrogen (secondary N) is 1. The summed E-state index contributed by atoms with van der Waals surface area (Å²) in [5.41, 5.74) is -0.204. The fourth-order valence-electron chi connectivity index (χ4n) is 3.58.